The summed E-state index contributed by atoms with van der Waals surface area (Å²) in [7, 11) is 1.64. The lowest BCUT2D eigenvalue weighted by Crippen LogP contribution is -2.36. The van der Waals surface area contributed by atoms with E-state index in [1.54, 1.807) is 18.4 Å². The Bertz CT molecular complexity index is 350. The van der Waals surface area contributed by atoms with Gasteiger partial charge in [0.05, 0.1) is 16.0 Å². The van der Waals surface area contributed by atoms with E-state index >= 15 is 0 Å². The summed E-state index contributed by atoms with van der Waals surface area (Å²) in [6.07, 6.45) is 0.900. The third-order valence-electron chi connectivity index (χ3n) is 2.09. The van der Waals surface area contributed by atoms with Crippen LogP contribution in [0.5, 0.6) is 0 Å². The minimum Gasteiger partial charge on any atom is -0.383 e. The number of ether oxygens (including phenoxy) is 1. The largest absolute Gasteiger partial charge is 0.383 e. The van der Waals surface area contributed by atoms with Gasteiger partial charge < -0.3 is 15.4 Å². The maximum Gasteiger partial charge on any atom is 0.233 e. The molecule has 7 heteroatoms. The van der Waals surface area contributed by atoms with Crippen molar-refractivity contribution in [2.45, 2.75) is 6.42 Å². The number of carbonyl (C=O) groups is 1. The van der Waals surface area contributed by atoms with Crippen LogP contribution >= 0.6 is 46.3 Å². The quantitative estimate of drug-likeness (QED) is 0.512. The van der Waals surface area contributed by atoms with E-state index in [1.807, 2.05) is 0 Å². The smallest absolute Gasteiger partial charge is 0.233 e. The molecule has 0 spiro atoms. The van der Waals surface area contributed by atoms with Crippen molar-refractivity contribution in [3.05, 3.63) is 19.9 Å². The molecule has 18 heavy (non-hydrogen) atoms. The normalized spacial score (nSPS) is 9.89. The molecular weight excluding hydrogens is 387 g/mol. The summed E-state index contributed by atoms with van der Waals surface area (Å²) >= 11 is 4.07. The molecule has 0 saturated heterocycles. The van der Waals surface area contributed by atoms with Crippen molar-refractivity contribution in [3.8, 4) is 0 Å². The first kappa shape index (κ1) is 18.1. The molecule has 0 aliphatic carbocycles. The lowest BCUT2D eigenvalue weighted by molar-refractivity contribution is -0.120. The van der Waals surface area contributed by atoms with E-state index in [9.17, 15) is 4.79 Å². The Hall–Kier alpha value is 0.110. The van der Waals surface area contributed by atoms with Crippen LogP contribution in [0.3, 0.4) is 0 Å². The van der Waals surface area contributed by atoms with Crippen molar-refractivity contribution in [2.75, 3.05) is 33.4 Å². The van der Waals surface area contributed by atoms with E-state index in [-0.39, 0.29) is 18.3 Å². The van der Waals surface area contributed by atoms with E-state index in [0.717, 1.165) is 6.42 Å². The molecule has 1 rings (SSSR count). The Kier molecular flexibility index (Phi) is 11.0. The highest BCUT2D eigenvalue weighted by Crippen LogP contribution is 2.18. The van der Waals surface area contributed by atoms with Crippen LogP contribution in [0.1, 0.15) is 4.88 Å². The van der Waals surface area contributed by atoms with E-state index in [1.165, 1.54) is 7.76 Å². The van der Waals surface area contributed by atoms with E-state index in [2.05, 4.69) is 45.4 Å². The van der Waals surface area contributed by atoms with Crippen molar-refractivity contribution in [3.63, 3.8) is 0 Å². The first-order valence-corrected chi connectivity index (χ1v) is 7.32. The summed E-state index contributed by atoms with van der Waals surface area (Å²) < 4.78 is 6.15. The molecule has 0 unspecified atom stereocenters. The SMILES string of the molecule is COCCNCC(=O)NCCc1ccc(I)s1.Cl. The summed E-state index contributed by atoms with van der Waals surface area (Å²) in [6, 6.07) is 4.20. The average molecular weight is 405 g/mol. The van der Waals surface area contributed by atoms with Gasteiger partial charge in [-0.05, 0) is 41.1 Å². The van der Waals surface area contributed by atoms with Crippen LogP contribution in [-0.2, 0) is 16.0 Å². The molecule has 0 fully saturated rings. The fourth-order valence-corrected chi connectivity index (χ4v) is 3.00. The molecule has 1 aromatic heterocycles. The molecule has 4 nitrogen and oxygen atoms in total. The van der Waals surface area contributed by atoms with Gasteiger partial charge in [0.1, 0.15) is 0 Å². The monoisotopic (exact) mass is 404 g/mol. The third kappa shape index (κ3) is 8.25. The van der Waals surface area contributed by atoms with Crippen LogP contribution < -0.4 is 10.6 Å². The van der Waals surface area contributed by atoms with Gasteiger partial charge in [-0.25, -0.2) is 0 Å². The molecule has 0 radical (unpaired) electrons. The highest BCUT2D eigenvalue weighted by atomic mass is 127. The lowest BCUT2D eigenvalue weighted by atomic mass is 10.3. The van der Waals surface area contributed by atoms with Gasteiger partial charge >= 0.3 is 0 Å². The van der Waals surface area contributed by atoms with E-state index in [0.29, 0.717) is 26.2 Å². The summed E-state index contributed by atoms with van der Waals surface area (Å²) in [5.74, 6) is 0.0346. The Morgan fingerprint density at radius 1 is 1.44 bits per heavy atom. The second kappa shape index (κ2) is 11.0. The van der Waals surface area contributed by atoms with Crippen LogP contribution in [0.15, 0.2) is 12.1 Å². The van der Waals surface area contributed by atoms with Gasteiger partial charge in [-0.3, -0.25) is 4.79 Å². The molecule has 2 N–H and O–H groups in total. The molecule has 1 aromatic rings. The van der Waals surface area contributed by atoms with E-state index in [4.69, 9.17) is 4.74 Å². The summed E-state index contributed by atoms with van der Waals surface area (Å²) in [6.45, 7) is 2.38. The second-order valence-electron chi connectivity index (χ2n) is 3.48. The van der Waals surface area contributed by atoms with Crippen LogP contribution in [-0.4, -0.2) is 39.3 Å². The fraction of sp³-hybridized carbons (Fsp3) is 0.545. The molecule has 0 atom stereocenters. The van der Waals surface area contributed by atoms with Gasteiger partial charge in [0.2, 0.25) is 5.91 Å². The van der Waals surface area contributed by atoms with Gasteiger partial charge in [0, 0.05) is 25.1 Å². The number of thiophene rings is 1. The number of nitrogens with one attached hydrogen (secondary N) is 2. The number of methoxy groups -OCH3 is 1. The van der Waals surface area contributed by atoms with Crippen molar-refractivity contribution >= 4 is 52.2 Å². The Labute approximate surface area is 131 Å². The standard InChI is InChI=1S/C11H17IN2O2S.ClH/c1-16-7-6-13-8-11(15)14-5-4-9-2-3-10(12)17-9;/h2-3,13H,4-8H2,1H3,(H,14,15);1H. The second-order valence-corrected chi connectivity index (χ2v) is 6.54. The zero-order valence-electron chi connectivity index (χ0n) is 10.2. The Balaban J connectivity index is 0.00000289. The molecule has 0 saturated carbocycles. The maximum absolute atomic E-state index is 11.4. The third-order valence-corrected chi connectivity index (χ3v) is 4.04. The minimum absolute atomic E-state index is 0. The molecule has 104 valence electrons. The van der Waals surface area contributed by atoms with E-state index < -0.39 is 0 Å². The predicted octanol–water partition coefficient (Wildman–Crippen LogP) is 1.67. The molecular formula is C11H18ClIN2O2S. The van der Waals surface area contributed by atoms with Gasteiger partial charge in [0.15, 0.2) is 0 Å². The average Bonchev–Trinajstić information content (AvgIpc) is 2.71. The topological polar surface area (TPSA) is 50.4 Å². The van der Waals surface area contributed by atoms with Crippen LogP contribution in [0.25, 0.3) is 0 Å². The van der Waals surface area contributed by atoms with Gasteiger partial charge in [0.25, 0.3) is 0 Å². The lowest BCUT2D eigenvalue weighted by Gasteiger charge is -2.05. The van der Waals surface area contributed by atoms with Crippen LogP contribution in [0.2, 0.25) is 0 Å². The number of halogens is 2. The maximum atomic E-state index is 11.4. The van der Waals surface area contributed by atoms with Gasteiger partial charge in [-0.15, -0.1) is 23.7 Å². The van der Waals surface area contributed by atoms with Crippen molar-refractivity contribution in [1.29, 1.82) is 0 Å². The van der Waals surface area contributed by atoms with Crippen LogP contribution in [0.4, 0.5) is 0 Å². The summed E-state index contributed by atoms with van der Waals surface area (Å²) in [4.78, 5) is 12.7. The molecule has 0 aliphatic heterocycles. The zero-order chi connectivity index (χ0) is 12.5. The molecule has 1 heterocycles. The van der Waals surface area contributed by atoms with Crippen molar-refractivity contribution in [1.82, 2.24) is 10.6 Å². The Morgan fingerprint density at radius 3 is 2.83 bits per heavy atom. The first-order chi connectivity index (χ1) is 8.22. The highest BCUT2D eigenvalue weighted by Gasteiger charge is 2.01. The number of hydrogen-bond acceptors (Lipinski definition) is 4. The molecule has 1 amide bonds. The molecule has 0 bridgehead atoms. The van der Waals surface area contributed by atoms with Crippen molar-refractivity contribution in [2.24, 2.45) is 0 Å². The number of amides is 1. The number of hydrogen-bond donors (Lipinski definition) is 2. The van der Waals surface area contributed by atoms with Gasteiger partial charge in [-0.1, -0.05) is 0 Å². The number of rotatable bonds is 8. The fourth-order valence-electron chi connectivity index (χ4n) is 1.25. The van der Waals surface area contributed by atoms with Gasteiger partial charge in [-0.2, -0.15) is 0 Å². The zero-order valence-corrected chi connectivity index (χ0v) is 14.0. The summed E-state index contributed by atoms with van der Waals surface area (Å²) in [5.41, 5.74) is 0. The van der Waals surface area contributed by atoms with Crippen LogP contribution in [0, 0.1) is 2.88 Å². The predicted molar refractivity (Wildman–Crippen MR) is 85.7 cm³/mol. The summed E-state index contributed by atoms with van der Waals surface area (Å²) in [5, 5.41) is 5.88. The molecule has 0 aliphatic rings. The highest BCUT2D eigenvalue weighted by molar-refractivity contribution is 14.1. The number of carbonyl (C=O) groups excluding carboxylic acids is 1. The van der Waals surface area contributed by atoms with Crippen molar-refractivity contribution < 1.29 is 9.53 Å². The Morgan fingerprint density at radius 2 is 2.22 bits per heavy atom. The first-order valence-electron chi connectivity index (χ1n) is 5.43. The molecule has 0 aromatic carbocycles. The minimum atomic E-state index is 0.